The molecule has 0 spiro atoms. The molecule has 1 saturated heterocycles. The van der Waals surface area contributed by atoms with Gasteiger partial charge in [-0.2, -0.15) is 0 Å². The summed E-state index contributed by atoms with van der Waals surface area (Å²) in [5, 5.41) is 21.0. The highest BCUT2D eigenvalue weighted by atomic mass is 19.1. The van der Waals surface area contributed by atoms with E-state index in [1.165, 1.54) is 13.2 Å². The lowest BCUT2D eigenvalue weighted by Gasteiger charge is -2.22. The van der Waals surface area contributed by atoms with E-state index in [2.05, 4.69) is 5.32 Å². The summed E-state index contributed by atoms with van der Waals surface area (Å²) in [6.45, 7) is -0.0771. The number of carbonyl (C=O) groups is 2. The molecule has 0 unspecified atom stereocenters. The maximum Gasteiger partial charge on any atom is 0.326 e. The number of methoxy groups -OCH3 is 1. The number of aliphatic hydroxyl groups excluding tert-OH is 1. The van der Waals surface area contributed by atoms with Crippen LogP contribution in [0.2, 0.25) is 0 Å². The van der Waals surface area contributed by atoms with Crippen LogP contribution in [0.15, 0.2) is 18.2 Å². The topological polar surface area (TPSA) is 99.1 Å². The largest absolute Gasteiger partial charge is 0.494 e. The number of carboxylic acids is 1. The Kier molecular flexibility index (Phi) is 4.27. The van der Waals surface area contributed by atoms with Crippen molar-refractivity contribution in [2.75, 3.05) is 19.0 Å². The van der Waals surface area contributed by atoms with Gasteiger partial charge in [0, 0.05) is 19.0 Å². The Morgan fingerprint density at radius 3 is 2.81 bits per heavy atom. The Labute approximate surface area is 119 Å². The number of aliphatic hydroxyl groups is 1. The molecule has 1 fully saturated rings. The minimum atomic E-state index is -1.19. The fourth-order valence-electron chi connectivity index (χ4n) is 2.23. The molecule has 0 bridgehead atoms. The van der Waals surface area contributed by atoms with Crippen LogP contribution in [0.1, 0.15) is 6.42 Å². The fourth-order valence-corrected chi connectivity index (χ4v) is 2.23. The molecule has 1 aliphatic heterocycles. The molecule has 1 aliphatic rings. The molecule has 0 aliphatic carbocycles. The number of likely N-dealkylation sites (tertiary alicyclic amines) is 1. The lowest BCUT2D eigenvalue weighted by molar-refractivity contribution is -0.141. The number of nitrogens with zero attached hydrogens (tertiary/aromatic N) is 1. The first-order chi connectivity index (χ1) is 9.92. The molecule has 114 valence electrons. The molecule has 2 atom stereocenters. The molecule has 1 aromatic rings. The van der Waals surface area contributed by atoms with Gasteiger partial charge in [-0.3, -0.25) is 0 Å². The van der Waals surface area contributed by atoms with Gasteiger partial charge in [-0.15, -0.1) is 0 Å². The van der Waals surface area contributed by atoms with Crippen molar-refractivity contribution in [1.29, 1.82) is 0 Å². The van der Waals surface area contributed by atoms with Crippen molar-refractivity contribution in [3.8, 4) is 5.75 Å². The third-order valence-electron chi connectivity index (χ3n) is 3.23. The number of halogens is 1. The minimum Gasteiger partial charge on any atom is -0.494 e. The molecular weight excluding hydrogens is 283 g/mol. The summed E-state index contributed by atoms with van der Waals surface area (Å²) in [5.74, 6) is -1.59. The van der Waals surface area contributed by atoms with Crippen LogP contribution in [-0.2, 0) is 4.79 Å². The highest BCUT2D eigenvalue weighted by Gasteiger charge is 2.39. The third kappa shape index (κ3) is 3.22. The molecule has 0 saturated carbocycles. The van der Waals surface area contributed by atoms with Gasteiger partial charge in [-0.05, 0) is 12.1 Å². The van der Waals surface area contributed by atoms with Crippen LogP contribution in [0.4, 0.5) is 14.9 Å². The smallest absolute Gasteiger partial charge is 0.326 e. The van der Waals surface area contributed by atoms with Crippen LogP contribution in [0.25, 0.3) is 0 Å². The summed E-state index contributed by atoms with van der Waals surface area (Å²) < 4.78 is 18.0. The maximum absolute atomic E-state index is 13.1. The van der Waals surface area contributed by atoms with Crippen LogP contribution in [0.3, 0.4) is 0 Å². The molecule has 2 amide bonds. The van der Waals surface area contributed by atoms with E-state index in [4.69, 9.17) is 9.84 Å². The monoisotopic (exact) mass is 298 g/mol. The van der Waals surface area contributed by atoms with Gasteiger partial charge in [0.15, 0.2) is 0 Å². The third-order valence-corrected chi connectivity index (χ3v) is 3.23. The summed E-state index contributed by atoms with van der Waals surface area (Å²) in [7, 11) is 1.32. The summed E-state index contributed by atoms with van der Waals surface area (Å²) >= 11 is 0. The first kappa shape index (κ1) is 15.0. The van der Waals surface area contributed by atoms with Crippen LogP contribution in [0.5, 0.6) is 5.75 Å². The van der Waals surface area contributed by atoms with Crippen molar-refractivity contribution >= 4 is 17.7 Å². The number of aliphatic carboxylic acids is 1. The molecule has 1 aromatic carbocycles. The van der Waals surface area contributed by atoms with Crippen molar-refractivity contribution in [3.63, 3.8) is 0 Å². The highest BCUT2D eigenvalue weighted by molar-refractivity contribution is 5.94. The highest BCUT2D eigenvalue weighted by Crippen LogP contribution is 2.26. The molecule has 21 heavy (non-hydrogen) atoms. The number of benzene rings is 1. The van der Waals surface area contributed by atoms with Crippen LogP contribution < -0.4 is 10.1 Å². The van der Waals surface area contributed by atoms with Crippen LogP contribution in [-0.4, -0.2) is 52.9 Å². The molecule has 1 heterocycles. The zero-order valence-electron chi connectivity index (χ0n) is 11.2. The zero-order chi connectivity index (χ0) is 15.6. The van der Waals surface area contributed by atoms with Gasteiger partial charge in [0.25, 0.3) is 0 Å². The summed E-state index contributed by atoms with van der Waals surface area (Å²) in [6.07, 6.45) is -0.907. The normalized spacial score (nSPS) is 21.2. The number of anilines is 1. The van der Waals surface area contributed by atoms with Gasteiger partial charge in [0.2, 0.25) is 0 Å². The second kappa shape index (κ2) is 5.96. The average molecular weight is 298 g/mol. The van der Waals surface area contributed by atoms with Crippen molar-refractivity contribution in [1.82, 2.24) is 4.90 Å². The lowest BCUT2D eigenvalue weighted by Crippen LogP contribution is -2.43. The van der Waals surface area contributed by atoms with Gasteiger partial charge in [0.1, 0.15) is 17.6 Å². The number of amides is 2. The lowest BCUT2D eigenvalue weighted by atomic mass is 10.2. The van der Waals surface area contributed by atoms with Gasteiger partial charge in [-0.25, -0.2) is 14.0 Å². The number of ether oxygens (including phenoxy) is 1. The molecule has 7 nitrogen and oxygen atoms in total. The molecular formula is C13H15FN2O5. The minimum absolute atomic E-state index is 0.0245. The zero-order valence-corrected chi connectivity index (χ0v) is 11.2. The van der Waals surface area contributed by atoms with Gasteiger partial charge in [-0.1, -0.05) is 0 Å². The number of carboxylic acid groups (broad SMARTS) is 1. The van der Waals surface area contributed by atoms with E-state index in [0.717, 1.165) is 17.0 Å². The Bertz CT molecular complexity index is 565. The second-order valence-corrected chi connectivity index (χ2v) is 4.67. The molecule has 0 aromatic heterocycles. The van der Waals surface area contributed by atoms with Crippen molar-refractivity contribution in [2.24, 2.45) is 0 Å². The van der Waals surface area contributed by atoms with Crippen molar-refractivity contribution in [2.45, 2.75) is 18.6 Å². The SMILES string of the molecule is COc1cc(F)ccc1NC(=O)N1C[C@H](O)C[C@H]1C(=O)O. The Hall–Kier alpha value is -2.35. The van der Waals surface area contributed by atoms with E-state index in [0.29, 0.717) is 0 Å². The van der Waals surface area contributed by atoms with E-state index >= 15 is 0 Å². The maximum atomic E-state index is 13.1. The predicted octanol–water partition coefficient (Wildman–Crippen LogP) is 0.886. The Balaban J connectivity index is 2.16. The summed E-state index contributed by atoms with van der Waals surface area (Å²) in [5.41, 5.74) is 0.217. The van der Waals surface area contributed by atoms with Gasteiger partial charge in [0.05, 0.1) is 18.9 Å². The predicted molar refractivity (Wildman–Crippen MR) is 70.7 cm³/mol. The fraction of sp³-hybridized carbons (Fsp3) is 0.385. The quantitative estimate of drug-likeness (QED) is 0.769. The van der Waals surface area contributed by atoms with Crippen LogP contribution in [0, 0.1) is 5.82 Å². The Morgan fingerprint density at radius 1 is 1.48 bits per heavy atom. The van der Waals surface area contributed by atoms with Crippen molar-refractivity contribution in [3.05, 3.63) is 24.0 Å². The first-order valence-electron chi connectivity index (χ1n) is 6.24. The number of β-amino-alcohol motifs (C(OH)–C–C–N with tert-alkyl or cyclic N) is 1. The number of urea groups is 1. The number of carbonyl (C=O) groups excluding carboxylic acids is 1. The number of hydrogen-bond donors (Lipinski definition) is 3. The van der Waals surface area contributed by atoms with E-state index in [1.807, 2.05) is 0 Å². The van der Waals surface area contributed by atoms with Crippen molar-refractivity contribution < 1.29 is 28.9 Å². The van der Waals surface area contributed by atoms with Gasteiger partial charge < -0.3 is 25.2 Å². The van der Waals surface area contributed by atoms with E-state index in [-0.39, 0.29) is 24.4 Å². The standard InChI is InChI=1S/C13H15FN2O5/c1-21-11-4-7(14)2-3-9(11)15-13(20)16-6-8(17)5-10(16)12(18)19/h2-4,8,10,17H,5-6H2,1H3,(H,15,20)(H,18,19)/t8-,10+/m1/s1. The molecule has 8 heteroatoms. The molecule has 0 radical (unpaired) electrons. The van der Waals surface area contributed by atoms with Gasteiger partial charge >= 0.3 is 12.0 Å². The Morgan fingerprint density at radius 2 is 2.19 bits per heavy atom. The first-order valence-corrected chi connectivity index (χ1v) is 6.24. The summed E-state index contributed by atoms with van der Waals surface area (Å²) in [6, 6.07) is 1.78. The second-order valence-electron chi connectivity index (χ2n) is 4.67. The number of nitrogens with one attached hydrogen (secondary N) is 1. The summed E-state index contributed by atoms with van der Waals surface area (Å²) in [4.78, 5) is 24.2. The number of rotatable bonds is 3. The van der Waals surface area contributed by atoms with E-state index in [1.54, 1.807) is 0 Å². The average Bonchev–Trinajstić information content (AvgIpc) is 2.83. The van der Waals surface area contributed by atoms with E-state index in [9.17, 15) is 19.1 Å². The number of hydrogen-bond acceptors (Lipinski definition) is 4. The van der Waals surface area contributed by atoms with E-state index < -0.39 is 30.0 Å². The molecule has 2 rings (SSSR count). The molecule has 3 N–H and O–H groups in total. The van der Waals surface area contributed by atoms with Crippen LogP contribution >= 0.6 is 0 Å².